The van der Waals surface area contributed by atoms with Crippen LogP contribution in [0.3, 0.4) is 0 Å². The van der Waals surface area contributed by atoms with Gasteiger partial charge in [0.2, 0.25) is 0 Å². The molecule has 6 nitrogen and oxygen atoms in total. The molecule has 1 atom stereocenters. The summed E-state index contributed by atoms with van der Waals surface area (Å²) in [7, 11) is 0. The number of halogens is 3. The van der Waals surface area contributed by atoms with E-state index in [4.69, 9.17) is 0 Å². The van der Waals surface area contributed by atoms with Gasteiger partial charge in [0.1, 0.15) is 5.01 Å². The van der Waals surface area contributed by atoms with Gasteiger partial charge in [0, 0.05) is 36.1 Å². The summed E-state index contributed by atoms with van der Waals surface area (Å²) in [6.45, 7) is 3.13. The predicted molar refractivity (Wildman–Crippen MR) is 81.6 cm³/mol. The first-order valence-corrected chi connectivity index (χ1v) is 8.38. The quantitative estimate of drug-likeness (QED) is 0.783. The lowest BCUT2D eigenvalue weighted by Crippen LogP contribution is -2.31. The minimum absolute atomic E-state index is 0.237. The topological polar surface area (TPSA) is 82.7 Å². The van der Waals surface area contributed by atoms with Crippen molar-refractivity contribution in [1.29, 1.82) is 0 Å². The zero-order chi connectivity index (χ0) is 17.3. The molecule has 1 unspecified atom stereocenters. The molecular formula is C14H16F3N5OS. The zero-order valence-corrected chi connectivity index (χ0v) is 13.6. The van der Waals surface area contributed by atoms with Crippen molar-refractivity contribution in [1.82, 2.24) is 25.8 Å². The number of aromatic amines is 1. The third kappa shape index (κ3) is 3.29. The van der Waals surface area contributed by atoms with Crippen LogP contribution in [0.5, 0.6) is 0 Å². The van der Waals surface area contributed by atoms with E-state index in [1.165, 1.54) is 0 Å². The van der Waals surface area contributed by atoms with Crippen LogP contribution in [0.2, 0.25) is 0 Å². The Morgan fingerprint density at radius 1 is 1.50 bits per heavy atom. The fraction of sp³-hybridized carbons (Fsp3) is 0.500. The van der Waals surface area contributed by atoms with Crippen LogP contribution in [0.1, 0.15) is 51.8 Å². The summed E-state index contributed by atoms with van der Waals surface area (Å²) in [5, 5.41) is 14.0. The number of aromatic nitrogens is 3. The average molecular weight is 359 g/mol. The van der Waals surface area contributed by atoms with Crippen molar-refractivity contribution in [2.75, 3.05) is 6.54 Å². The molecule has 1 aliphatic heterocycles. The Bertz CT molecular complexity index is 739. The number of rotatable bonds is 4. The van der Waals surface area contributed by atoms with Crippen LogP contribution in [0.4, 0.5) is 13.2 Å². The van der Waals surface area contributed by atoms with E-state index < -0.39 is 23.8 Å². The number of carbonyl (C=O) groups excluding carboxylic acids is 1. The maximum absolute atomic E-state index is 12.7. The normalized spacial score (nSPS) is 15.8. The largest absolute Gasteiger partial charge is 0.434 e. The maximum atomic E-state index is 12.7. The number of nitrogens with one attached hydrogen (secondary N) is 3. The molecule has 1 aliphatic rings. The second kappa shape index (κ2) is 6.52. The Morgan fingerprint density at radius 2 is 2.29 bits per heavy atom. The Balaban J connectivity index is 1.77. The lowest BCUT2D eigenvalue weighted by molar-refractivity contribution is -0.140. The van der Waals surface area contributed by atoms with Crippen LogP contribution in [0.15, 0.2) is 5.38 Å². The van der Waals surface area contributed by atoms with Crippen molar-refractivity contribution >= 4 is 17.2 Å². The fourth-order valence-corrected chi connectivity index (χ4v) is 3.52. The van der Waals surface area contributed by atoms with Gasteiger partial charge in [-0.2, -0.15) is 18.3 Å². The predicted octanol–water partition coefficient (Wildman–Crippen LogP) is 2.41. The monoisotopic (exact) mass is 359 g/mol. The van der Waals surface area contributed by atoms with Crippen LogP contribution in [-0.4, -0.2) is 27.6 Å². The van der Waals surface area contributed by atoms with Gasteiger partial charge in [-0.1, -0.05) is 6.92 Å². The third-order valence-corrected chi connectivity index (χ3v) is 4.80. The number of fused-ring (bicyclic) bond motifs is 1. The van der Waals surface area contributed by atoms with Crippen molar-refractivity contribution < 1.29 is 18.0 Å². The number of hydrogen-bond acceptors (Lipinski definition) is 5. The van der Waals surface area contributed by atoms with Gasteiger partial charge in [-0.15, -0.1) is 11.3 Å². The lowest BCUT2D eigenvalue weighted by atomic mass is 10.1. The SMILES string of the molecule is CCC(NC(=O)c1n[nH]c2c1CNCC2)c1nc(C(F)(F)F)cs1. The maximum Gasteiger partial charge on any atom is 0.434 e. The number of alkyl halides is 3. The van der Waals surface area contributed by atoms with Gasteiger partial charge in [0.25, 0.3) is 5.91 Å². The van der Waals surface area contributed by atoms with E-state index in [2.05, 4.69) is 25.8 Å². The van der Waals surface area contributed by atoms with Crippen LogP contribution in [-0.2, 0) is 19.1 Å². The number of hydrogen-bond donors (Lipinski definition) is 3. The lowest BCUT2D eigenvalue weighted by Gasteiger charge is -2.16. The molecule has 0 fully saturated rings. The highest BCUT2D eigenvalue weighted by Gasteiger charge is 2.34. The van der Waals surface area contributed by atoms with E-state index in [9.17, 15) is 18.0 Å². The van der Waals surface area contributed by atoms with Gasteiger partial charge >= 0.3 is 6.18 Å². The van der Waals surface area contributed by atoms with Gasteiger partial charge in [0.05, 0.1) is 6.04 Å². The number of carbonyl (C=O) groups is 1. The van der Waals surface area contributed by atoms with Crippen molar-refractivity contribution in [2.24, 2.45) is 0 Å². The van der Waals surface area contributed by atoms with E-state index in [0.29, 0.717) is 13.0 Å². The Labute approximate surface area is 139 Å². The second-order valence-corrected chi connectivity index (χ2v) is 6.35. The molecule has 0 aliphatic carbocycles. The van der Waals surface area contributed by atoms with Crippen LogP contribution < -0.4 is 10.6 Å². The van der Waals surface area contributed by atoms with Gasteiger partial charge in [-0.3, -0.25) is 9.89 Å². The van der Waals surface area contributed by atoms with Crippen molar-refractivity contribution in [3.63, 3.8) is 0 Å². The summed E-state index contributed by atoms with van der Waals surface area (Å²) < 4.78 is 38.0. The first kappa shape index (κ1) is 16.9. The molecule has 0 radical (unpaired) electrons. The van der Waals surface area contributed by atoms with Crippen LogP contribution in [0.25, 0.3) is 0 Å². The standard InChI is InChI=1S/C14H16F3N5OS/c1-2-8(13-20-10(6-24-13)14(15,16)17)19-12(23)11-7-5-18-4-3-9(7)21-22-11/h6,8,18H,2-5H2,1H3,(H,19,23)(H,21,22). The molecule has 0 spiro atoms. The van der Waals surface area contributed by atoms with E-state index >= 15 is 0 Å². The van der Waals surface area contributed by atoms with Crippen molar-refractivity contribution in [3.8, 4) is 0 Å². The minimum atomic E-state index is -4.48. The molecule has 130 valence electrons. The fourth-order valence-electron chi connectivity index (χ4n) is 2.56. The summed E-state index contributed by atoms with van der Waals surface area (Å²) in [6, 6.07) is -0.581. The molecule has 0 saturated heterocycles. The van der Waals surface area contributed by atoms with Crippen molar-refractivity contribution in [2.45, 2.75) is 38.5 Å². The number of nitrogens with zero attached hydrogens (tertiary/aromatic N) is 2. The van der Waals surface area contributed by atoms with Gasteiger partial charge in [0.15, 0.2) is 11.4 Å². The molecule has 2 aromatic rings. The van der Waals surface area contributed by atoms with Gasteiger partial charge in [-0.05, 0) is 6.42 Å². The summed E-state index contributed by atoms with van der Waals surface area (Å²) in [5.74, 6) is -0.410. The molecule has 3 rings (SSSR count). The number of amides is 1. The van der Waals surface area contributed by atoms with E-state index in [0.717, 1.165) is 40.9 Å². The summed E-state index contributed by atoms with van der Waals surface area (Å²) in [5.41, 5.74) is 1.07. The molecule has 10 heteroatoms. The van der Waals surface area contributed by atoms with Crippen molar-refractivity contribution in [3.05, 3.63) is 33.0 Å². The van der Waals surface area contributed by atoms with Gasteiger partial charge in [-0.25, -0.2) is 4.98 Å². The minimum Gasteiger partial charge on any atom is -0.341 e. The molecule has 0 bridgehead atoms. The highest BCUT2D eigenvalue weighted by molar-refractivity contribution is 7.09. The molecular weight excluding hydrogens is 343 g/mol. The summed E-state index contributed by atoms with van der Waals surface area (Å²) in [6.07, 6.45) is -3.29. The molecule has 1 amide bonds. The molecule has 24 heavy (non-hydrogen) atoms. The first-order chi connectivity index (χ1) is 11.4. The van der Waals surface area contributed by atoms with E-state index in [1.807, 2.05) is 0 Å². The highest BCUT2D eigenvalue weighted by Crippen LogP contribution is 2.32. The summed E-state index contributed by atoms with van der Waals surface area (Å²) >= 11 is 0.891. The van der Waals surface area contributed by atoms with E-state index in [-0.39, 0.29) is 10.7 Å². The first-order valence-electron chi connectivity index (χ1n) is 7.50. The van der Waals surface area contributed by atoms with Gasteiger partial charge < -0.3 is 10.6 Å². The molecule has 3 heterocycles. The third-order valence-electron chi connectivity index (χ3n) is 3.85. The number of thiazole rings is 1. The zero-order valence-electron chi connectivity index (χ0n) is 12.8. The number of H-pyrrole nitrogens is 1. The van der Waals surface area contributed by atoms with Crippen LogP contribution >= 0.6 is 11.3 Å². The average Bonchev–Trinajstić information content (AvgIpc) is 3.18. The summed E-state index contributed by atoms with van der Waals surface area (Å²) in [4.78, 5) is 16.1. The highest BCUT2D eigenvalue weighted by atomic mass is 32.1. The smallest absolute Gasteiger partial charge is 0.341 e. The van der Waals surface area contributed by atoms with Crippen LogP contribution in [0, 0.1) is 0 Å². The molecule has 0 aromatic carbocycles. The second-order valence-electron chi connectivity index (χ2n) is 5.46. The molecule has 2 aromatic heterocycles. The molecule has 3 N–H and O–H groups in total. The Morgan fingerprint density at radius 3 is 2.96 bits per heavy atom. The Hall–Kier alpha value is -1.94. The van der Waals surface area contributed by atoms with E-state index in [1.54, 1.807) is 6.92 Å². The Kier molecular flexibility index (Phi) is 4.59. The molecule has 0 saturated carbocycles.